The van der Waals surface area contributed by atoms with E-state index < -0.39 is 0 Å². The summed E-state index contributed by atoms with van der Waals surface area (Å²) in [7, 11) is 0. The maximum Gasteiger partial charge on any atom is 0.254 e. The second kappa shape index (κ2) is 6.09. The Bertz CT molecular complexity index is 427. The number of nitrogens with one attached hydrogen (secondary N) is 1. The van der Waals surface area contributed by atoms with Gasteiger partial charge in [-0.3, -0.25) is 4.79 Å². The fourth-order valence-corrected chi connectivity index (χ4v) is 2.72. The molecular formula is C16H24N2O. The third-order valence-electron chi connectivity index (χ3n) is 4.15. The molecule has 1 aromatic rings. The highest BCUT2D eigenvalue weighted by Gasteiger charge is 2.28. The number of piperidine rings is 1. The zero-order valence-corrected chi connectivity index (χ0v) is 12.1. The van der Waals surface area contributed by atoms with Crippen molar-refractivity contribution >= 4 is 11.6 Å². The average molecular weight is 260 g/mol. The average Bonchev–Trinajstić information content (AvgIpc) is 2.42. The molecule has 0 aliphatic carbocycles. The van der Waals surface area contributed by atoms with Gasteiger partial charge in [0, 0.05) is 30.4 Å². The molecule has 2 rings (SSSR count). The summed E-state index contributed by atoms with van der Waals surface area (Å²) in [4.78, 5) is 14.6. The minimum Gasteiger partial charge on any atom is -0.385 e. The molecule has 2 atom stereocenters. The summed E-state index contributed by atoms with van der Waals surface area (Å²) >= 11 is 0. The number of carbonyl (C=O) groups excluding carboxylic acids is 1. The van der Waals surface area contributed by atoms with Crippen LogP contribution < -0.4 is 5.32 Å². The molecule has 0 spiro atoms. The van der Waals surface area contributed by atoms with Crippen molar-refractivity contribution in [3.63, 3.8) is 0 Å². The summed E-state index contributed by atoms with van der Waals surface area (Å²) in [5, 5.41) is 3.24. The molecule has 19 heavy (non-hydrogen) atoms. The van der Waals surface area contributed by atoms with Gasteiger partial charge in [-0.1, -0.05) is 6.92 Å². The fraction of sp³-hybridized carbons (Fsp3) is 0.562. The molecule has 1 amide bonds. The normalized spacial score (nSPS) is 23.2. The van der Waals surface area contributed by atoms with Crippen molar-refractivity contribution in [2.75, 3.05) is 18.4 Å². The second-order valence-electron chi connectivity index (χ2n) is 5.47. The predicted octanol–water partition coefficient (Wildman–Crippen LogP) is 3.38. The van der Waals surface area contributed by atoms with E-state index in [1.807, 2.05) is 29.2 Å². The summed E-state index contributed by atoms with van der Waals surface area (Å²) < 4.78 is 0. The summed E-state index contributed by atoms with van der Waals surface area (Å²) in [5.74, 6) is 0.765. The van der Waals surface area contributed by atoms with Gasteiger partial charge >= 0.3 is 0 Å². The fourth-order valence-electron chi connectivity index (χ4n) is 2.72. The van der Waals surface area contributed by atoms with Gasteiger partial charge in [-0.15, -0.1) is 0 Å². The van der Waals surface area contributed by atoms with Crippen LogP contribution >= 0.6 is 0 Å². The number of hydrogen-bond donors (Lipinski definition) is 1. The second-order valence-corrected chi connectivity index (χ2v) is 5.47. The van der Waals surface area contributed by atoms with Crippen LogP contribution in [0.25, 0.3) is 0 Å². The molecule has 1 aliphatic rings. The highest BCUT2D eigenvalue weighted by Crippen LogP contribution is 2.24. The van der Waals surface area contributed by atoms with E-state index in [2.05, 4.69) is 26.1 Å². The Hall–Kier alpha value is -1.51. The molecule has 104 valence electrons. The highest BCUT2D eigenvalue weighted by molar-refractivity contribution is 5.94. The molecule has 0 aromatic heterocycles. The third kappa shape index (κ3) is 3.09. The molecule has 2 unspecified atom stereocenters. The van der Waals surface area contributed by atoms with Crippen molar-refractivity contribution in [1.29, 1.82) is 0 Å². The zero-order valence-electron chi connectivity index (χ0n) is 12.1. The molecule has 0 saturated carbocycles. The quantitative estimate of drug-likeness (QED) is 0.903. The smallest absolute Gasteiger partial charge is 0.254 e. The molecule has 1 aliphatic heterocycles. The van der Waals surface area contributed by atoms with Crippen molar-refractivity contribution in [1.82, 2.24) is 4.90 Å². The third-order valence-corrected chi connectivity index (χ3v) is 4.15. The molecule has 1 saturated heterocycles. The number of anilines is 1. The first-order valence-electron chi connectivity index (χ1n) is 7.28. The van der Waals surface area contributed by atoms with Gasteiger partial charge in [-0.25, -0.2) is 0 Å². The highest BCUT2D eigenvalue weighted by atomic mass is 16.2. The van der Waals surface area contributed by atoms with Crippen LogP contribution in [0, 0.1) is 5.92 Å². The van der Waals surface area contributed by atoms with Gasteiger partial charge in [0.1, 0.15) is 0 Å². The lowest BCUT2D eigenvalue weighted by Crippen LogP contribution is -2.46. The maximum absolute atomic E-state index is 12.5. The number of amides is 1. The van der Waals surface area contributed by atoms with Crippen molar-refractivity contribution in [3.8, 4) is 0 Å². The van der Waals surface area contributed by atoms with Gasteiger partial charge in [0.25, 0.3) is 5.91 Å². The summed E-state index contributed by atoms with van der Waals surface area (Å²) in [5.41, 5.74) is 1.86. The van der Waals surface area contributed by atoms with E-state index in [-0.39, 0.29) is 5.91 Å². The predicted molar refractivity (Wildman–Crippen MR) is 79.5 cm³/mol. The topological polar surface area (TPSA) is 32.3 Å². The molecule has 3 nitrogen and oxygen atoms in total. The van der Waals surface area contributed by atoms with Gasteiger partial charge in [-0.2, -0.15) is 0 Å². The first kappa shape index (κ1) is 13.9. The monoisotopic (exact) mass is 260 g/mol. The van der Waals surface area contributed by atoms with Crippen LogP contribution in [0.1, 0.15) is 44.0 Å². The SMILES string of the molecule is CCNc1ccc(C(=O)N2CCCC(C)C2C)cc1. The van der Waals surface area contributed by atoms with Crippen LogP contribution in [0.2, 0.25) is 0 Å². The standard InChI is InChI=1S/C16H24N2O/c1-4-17-15-9-7-14(8-10-15)16(19)18-11-5-6-12(2)13(18)3/h7-10,12-13,17H,4-6,11H2,1-3H3. The number of rotatable bonds is 3. The van der Waals surface area contributed by atoms with Crippen LogP contribution in [0.5, 0.6) is 0 Å². The van der Waals surface area contributed by atoms with Crippen LogP contribution in [-0.4, -0.2) is 29.9 Å². The Morgan fingerprint density at radius 2 is 2.00 bits per heavy atom. The number of likely N-dealkylation sites (tertiary alicyclic amines) is 1. The largest absolute Gasteiger partial charge is 0.385 e. The summed E-state index contributed by atoms with van der Waals surface area (Å²) in [6, 6.07) is 8.15. The van der Waals surface area contributed by atoms with Gasteiger partial charge in [0.2, 0.25) is 0 Å². The molecule has 0 bridgehead atoms. The Morgan fingerprint density at radius 3 is 2.63 bits per heavy atom. The molecule has 1 fully saturated rings. The van der Waals surface area contributed by atoms with Crippen LogP contribution in [0.3, 0.4) is 0 Å². The van der Waals surface area contributed by atoms with Gasteiger partial charge in [0.15, 0.2) is 0 Å². The van der Waals surface area contributed by atoms with E-state index in [9.17, 15) is 4.79 Å². The Balaban J connectivity index is 2.10. The molecule has 1 aromatic carbocycles. The Kier molecular flexibility index (Phi) is 4.46. The number of benzene rings is 1. The van der Waals surface area contributed by atoms with E-state index in [0.29, 0.717) is 12.0 Å². The Labute approximate surface area is 116 Å². The van der Waals surface area contributed by atoms with Crippen molar-refractivity contribution < 1.29 is 4.79 Å². The van der Waals surface area contributed by atoms with Crippen molar-refractivity contribution in [3.05, 3.63) is 29.8 Å². The Morgan fingerprint density at radius 1 is 1.32 bits per heavy atom. The lowest BCUT2D eigenvalue weighted by Gasteiger charge is -2.38. The molecular weight excluding hydrogens is 236 g/mol. The van der Waals surface area contributed by atoms with Gasteiger partial charge in [-0.05, 0) is 56.9 Å². The van der Waals surface area contributed by atoms with Gasteiger partial charge < -0.3 is 10.2 Å². The minimum atomic E-state index is 0.169. The van der Waals surface area contributed by atoms with Crippen LogP contribution in [0.4, 0.5) is 5.69 Å². The molecule has 1 N–H and O–H groups in total. The van der Waals surface area contributed by atoms with E-state index in [0.717, 1.165) is 30.8 Å². The first-order valence-corrected chi connectivity index (χ1v) is 7.28. The molecule has 0 radical (unpaired) electrons. The van der Waals surface area contributed by atoms with Crippen LogP contribution in [-0.2, 0) is 0 Å². The maximum atomic E-state index is 12.5. The van der Waals surface area contributed by atoms with E-state index in [1.54, 1.807) is 0 Å². The lowest BCUT2D eigenvalue weighted by molar-refractivity contribution is 0.0551. The van der Waals surface area contributed by atoms with Crippen molar-refractivity contribution in [2.24, 2.45) is 5.92 Å². The molecule has 3 heteroatoms. The minimum absolute atomic E-state index is 0.169. The number of nitrogens with zero attached hydrogens (tertiary/aromatic N) is 1. The van der Waals surface area contributed by atoms with Gasteiger partial charge in [0.05, 0.1) is 0 Å². The van der Waals surface area contributed by atoms with E-state index in [4.69, 9.17) is 0 Å². The first-order chi connectivity index (χ1) is 9.13. The number of carbonyl (C=O) groups is 1. The van der Waals surface area contributed by atoms with E-state index in [1.165, 1.54) is 6.42 Å². The summed E-state index contributed by atoms with van der Waals surface area (Å²) in [6.45, 7) is 8.25. The molecule has 1 heterocycles. The number of hydrogen-bond acceptors (Lipinski definition) is 2. The van der Waals surface area contributed by atoms with E-state index >= 15 is 0 Å². The summed E-state index contributed by atoms with van der Waals surface area (Å²) in [6.07, 6.45) is 2.34. The van der Waals surface area contributed by atoms with Crippen molar-refractivity contribution in [2.45, 2.75) is 39.7 Å². The van der Waals surface area contributed by atoms with Crippen LogP contribution in [0.15, 0.2) is 24.3 Å². The zero-order chi connectivity index (χ0) is 13.8. The lowest BCUT2D eigenvalue weighted by atomic mass is 9.91.